The molecule has 0 atom stereocenters. The highest BCUT2D eigenvalue weighted by molar-refractivity contribution is 6.07. The monoisotopic (exact) mass is 513 g/mol. The number of hydrogen-bond donors (Lipinski definition) is 1. The fourth-order valence-electron chi connectivity index (χ4n) is 3.81. The van der Waals surface area contributed by atoms with Crippen LogP contribution in [0.5, 0.6) is 0 Å². The number of halogens is 3. The molecule has 3 heterocycles. The second-order valence-corrected chi connectivity index (χ2v) is 8.98. The van der Waals surface area contributed by atoms with Crippen LogP contribution >= 0.6 is 0 Å². The van der Waals surface area contributed by atoms with Gasteiger partial charge in [-0.15, -0.1) is 0 Å². The van der Waals surface area contributed by atoms with Crippen molar-refractivity contribution in [2.24, 2.45) is 0 Å². The third-order valence-corrected chi connectivity index (χ3v) is 5.82. The summed E-state index contributed by atoms with van der Waals surface area (Å²) in [4.78, 5) is 31.3. The molecule has 4 aromatic rings. The van der Waals surface area contributed by atoms with E-state index in [2.05, 4.69) is 20.5 Å². The summed E-state index contributed by atoms with van der Waals surface area (Å²) in [6.45, 7) is 6.20. The minimum absolute atomic E-state index is 0.102. The Morgan fingerprint density at radius 3 is 2.35 bits per heavy atom. The van der Waals surface area contributed by atoms with E-state index in [0.717, 1.165) is 11.6 Å². The maximum absolute atomic E-state index is 14.0. The van der Waals surface area contributed by atoms with E-state index in [4.69, 9.17) is 0 Å². The Kier molecular flexibility index (Phi) is 6.76. The number of aromatic nitrogens is 5. The van der Waals surface area contributed by atoms with Crippen molar-refractivity contribution in [1.29, 1.82) is 0 Å². The molecule has 2 amide bonds. The van der Waals surface area contributed by atoms with Gasteiger partial charge in [0.2, 0.25) is 0 Å². The summed E-state index contributed by atoms with van der Waals surface area (Å²) in [6.07, 6.45) is -3.44. The van der Waals surface area contributed by atoms with Gasteiger partial charge in [0, 0.05) is 32.3 Å². The third-order valence-electron chi connectivity index (χ3n) is 5.82. The largest absolute Gasteiger partial charge is 0.433 e. The van der Waals surface area contributed by atoms with Crippen LogP contribution in [0.25, 0.3) is 16.9 Å². The Hall–Kier alpha value is -4.22. The number of alkyl halides is 3. The molecule has 3 aromatic heterocycles. The molecule has 1 aromatic carbocycles. The molecule has 0 aliphatic rings. The first-order valence-electron chi connectivity index (χ1n) is 11.6. The van der Waals surface area contributed by atoms with Gasteiger partial charge >= 0.3 is 6.18 Å². The average molecular weight is 514 g/mol. The summed E-state index contributed by atoms with van der Waals surface area (Å²) in [5.41, 5.74) is 0.413. The van der Waals surface area contributed by atoms with Crippen LogP contribution in [0.2, 0.25) is 0 Å². The van der Waals surface area contributed by atoms with Crippen molar-refractivity contribution in [1.82, 2.24) is 29.3 Å². The predicted octanol–water partition coefficient (Wildman–Crippen LogP) is 4.71. The Morgan fingerprint density at radius 1 is 1.11 bits per heavy atom. The first kappa shape index (κ1) is 25.9. The highest BCUT2D eigenvalue weighted by Gasteiger charge is 2.36. The number of aryl methyl sites for hydroxylation is 1. The van der Waals surface area contributed by atoms with Gasteiger partial charge in [-0.05, 0) is 24.5 Å². The van der Waals surface area contributed by atoms with E-state index in [9.17, 15) is 22.8 Å². The van der Waals surface area contributed by atoms with E-state index >= 15 is 0 Å². The number of benzene rings is 1. The lowest BCUT2D eigenvalue weighted by molar-refractivity contribution is -0.142. The number of nitrogens with zero attached hydrogens (tertiary/aromatic N) is 6. The highest BCUT2D eigenvalue weighted by atomic mass is 19.4. The van der Waals surface area contributed by atoms with Crippen molar-refractivity contribution >= 4 is 23.1 Å². The molecule has 0 spiro atoms. The van der Waals surface area contributed by atoms with Crippen molar-refractivity contribution in [3.8, 4) is 11.3 Å². The Bertz CT molecular complexity index is 1470. The Balaban J connectivity index is 1.75. The molecule has 0 aliphatic carbocycles. The molecule has 0 bridgehead atoms. The summed E-state index contributed by atoms with van der Waals surface area (Å²) >= 11 is 0. The summed E-state index contributed by atoms with van der Waals surface area (Å²) in [5, 5.41) is 10.5. The van der Waals surface area contributed by atoms with E-state index in [1.54, 1.807) is 33.2 Å². The van der Waals surface area contributed by atoms with Crippen LogP contribution in [0.15, 0.2) is 42.6 Å². The second kappa shape index (κ2) is 9.68. The second-order valence-electron chi connectivity index (χ2n) is 8.98. The van der Waals surface area contributed by atoms with Crippen LogP contribution in [-0.2, 0) is 12.7 Å². The first-order valence-corrected chi connectivity index (χ1v) is 11.6. The third kappa shape index (κ3) is 5.04. The minimum Gasteiger partial charge on any atom is -0.343 e. The van der Waals surface area contributed by atoms with Gasteiger partial charge < -0.3 is 10.2 Å². The van der Waals surface area contributed by atoms with Gasteiger partial charge in [-0.1, -0.05) is 38.1 Å². The molecule has 1 N–H and O–H groups in total. The van der Waals surface area contributed by atoms with Gasteiger partial charge in [0.05, 0.1) is 17.6 Å². The van der Waals surface area contributed by atoms with E-state index in [1.165, 1.54) is 21.8 Å². The number of fused-ring (bicyclic) bond motifs is 1. The Morgan fingerprint density at radius 2 is 1.78 bits per heavy atom. The van der Waals surface area contributed by atoms with Crippen LogP contribution in [-0.4, -0.2) is 55.2 Å². The van der Waals surface area contributed by atoms with E-state index in [-0.39, 0.29) is 40.2 Å². The number of nitrogens with one attached hydrogen (secondary N) is 1. The maximum atomic E-state index is 14.0. The zero-order chi connectivity index (χ0) is 27.1. The van der Waals surface area contributed by atoms with E-state index in [1.807, 2.05) is 26.0 Å². The molecule has 0 saturated carbocycles. The molecule has 4 rings (SSSR count). The highest BCUT2D eigenvalue weighted by Crippen LogP contribution is 2.33. The molecule has 0 fully saturated rings. The van der Waals surface area contributed by atoms with E-state index in [0.29, 0.717) is 16.6 Å². The van der Waals surface area contributed by atoms with Crippen LogP contribution < -0.4 is 5.32 Å². The van der Waals surface area contributed by atoms with Gasteiger partial charge in [-0.25, -0.2) is 9.50 Å². The number of carbonyl (C=O) groups excluding carboxylic acids is 2. The summed E-state index contributed by atoms with van der Waals surface area (Å²) in [7, 11) is 3.11. The van der Waals surface area contributed by atoms with Crippen molar-refractivity contribution in [3.05, 3.63) is 65.2 Å². The van der Waals surface area contributed by atoms with Crippen LogP contribution in [0.3, 0.4) is 0 Å². The van der Waals surface area contributed by atoms with Crippen LogP contribution in [0, 0.1) is 0 Å². The van der Waals surface area contributed by atoms with Gasteiger partial charge in [-0.2, -0.15) is 23.4 Å². The molecule has 194 valence electrons. The molecule has 0 aliphatic heterocycles. The molecule has 0 unspecified atom stereocenters. The van der Waals surface area contributed by atoms with Gasteiger partial charge in [0.1, 0.15) is 5.69 Å². The molecule has 0 saturated heterocycles. The number of amides is 2. The lowest BCUT2D eigenvalue weighted by atomic mass is 10.0. The summed E-state index contributed by atoms with van der Waals surface area (Å²) < 4.78 is 43.9. The van der Waals surface area contributed by atoms with Crippen LogP contribution in [0.4, 0.5) is 18.9 Å². The molecular weight excluding hydrogens is 487 g/mol. The van der Waals surface area contributed by atoms with Crippen molar-refractivity contribution < 1.29 is 22.8 Å². The lowest BCUT2D eigenvalue weighted by Crippen LogP contribution is -2.26. The summed E-state index contributed by atoms with van der Waals surface area (Å²) in [5.74, 6) is -0.923. The zero-order valence-electron chi connectivity index (χ0n) is 21.0. The molecule has 12 heteroatoms. The smallest absolute Gasteiger partial charge is 0.343 e. The van der Waals surface area contributed by atoms with Crippen molar-refractivity contribution in [3.63, 3.8) is 0 Å². The standard InChI is InChI=1S/C25H26F3N7O2/c1-6-34-22(24(37)33(4)5)19(13-29-34)31-23(36)18-12-21-30-17(11-20(25(26,27)28)35(21)32-18)16-9-7-15(8-10-16)14(2)3/h7-14H,6H2,1-5H3,(H,31,36). The van der Waals surface area contributed by atoms with Crippen molar-refractivity contribution in [2.75, 3.05) is 19.4 Å². The SMILES string of the molecule is CCn1ncc(NC(=O)c2cc3nc(-c4ccc(C(C)C)cc4)cc(C(F)(F)F)n3n2)c1C(=O)N(C)C. The number of carbonyl (C=O) groups is 2. The zero-order valence-corrected chi connectivity index (χ0v) is 21.0. The summed E-state index contributed by atoms with van der Waals surface area (Å²) in [6, 6.07) is 9.20. The van der Waals surface area contributed by atoms with Crippen molar-refractivity contribution in [2.45, 2.75) is 39.4 Å². The van der Waals surface area contributed by atoms with Gasteiger partial charge in [-0.3, -0.25) is 14.3 Å². The molecule has 37 heavy (non-hydrogen) atoms. The number of hydrogen-bond acceptors (Lipinski definition) is 5. The average Bonchev–Trinajstić information content (AvgIpc) is 3.46. The number of rotatable bonds is 6. The molecule has 0 radical (unpaired) electrons. The maximum Gasteiger partial charge on any atom is 0.433 e. The topological polar surface area (TPSA) is 97.4 Å². The fraction of sp³-hybridized carbons (Fsp3) is 0.320. The van der Waals surface area contributed by atoms with Crippen LogP contribution in [0.1, 0.15) is 58.9 Å². The normalized spacial score (nSPS) is 11.8. The molecule has 9 nitrogen and oxygen atoms in total. The minimum atomic E-state index is -4.75. The van der Waals surface area contributed by atoms with Gasteiger partial charge in [0.15, 0.2) is 17.0 Å². The predicted molar refractivity (Wildman–Crippen MR) is 131 cm³/mol. The Labute approximate surface area is 210 Å². The number of anilines is 1. The fourth-order valence-corrected chi connectivity index (χ4v) is 3.81. The molecular formula is C25H26F3N7O2. The van der Waals surface area contributed by atoms with E-state index < -0.39 is 17.8 Å². The quantitative estimate of drug-likeness (QED) is 0.403. The lowest BCUT2D eigenvalue weighted by Gasteiger charge is -2.13. The van der Waals surface area contributed by atoms with Gasteiger partial charge in [0.25, 0.3) is 11.8 Å². The first-order chi connectivity index (χ1) is 17.4.